The third kappa shape index (κ3) is 1.57. The molecule has 1 unspecified atom stereocenters. The Morgan fingerprint density at radius 1 is 1.36 bits per heavy atom. The van der Waals surface area contributed by atoms with E-state index in [9.17, 15) is 13.2 Å². The third-order valence-corrected chi connectivity index (χ3v) is 2.05. The summed E-state index contributed by atoms with van der Waals surface area (Å²) in [5.74, 6) is -1.16. The quantitative estimate of drug-likeness (QED) is 0.549. The van der Waals surface area contributed by atoms with E-state index in [-0.39, 0.29) is 0 Å². The van der Waals surface area contributed by atoms with E-state index in [1.807, 2.05) is 6.92 Å². The van der Waals surface area contributed by atoms with Crippen molar-refractivity contribution in [2.24, 2.45) is 5.92 Å². The Morgan fingerprint density at radius 2 is 1.91 bits per heavy atom. The average molecular weight is 164 g/mol. The Kier molecular flexibility index (Phi) is 1.99. The van der Waals surface area contributed by atoms with Crippen molar-refractivity contribution in [2.45, 2.75) is 32.9 Å². The minimum Gasteiger partial charge on any atom is -0.170 e. The second-order valence-electron chi connectivity index (χ2n) is 2.93. The van der Waals surface area contributed by atoms with Crippen LogP contribution in [-0.2, 0) is 0 Å². The molecule has 0 aromatic carbocycles. The van der Waals surface area contributed by atoms with Gasteiger partial charge in [-0.05, 0) is 13.3 Å². The summed E-state index contributed by atoms with van der Waals surface area (Å²) in [5.41, 5.74) is 1.15. The minimum atomic E-state index is -4.02. The van der Waals surface area contributed by atoms with E-state index in [1.54, 1.807) is 6.92 Å². The molecular formula is C8H11F3. The molecule has 0 fully saturated rings. The van der Waals surface area contributed by atoms with Crippen LogP contribution >= 0.6 is 0 Å². The van der Waals surface area contributed by atoms with E-state index < -0.39 is 12.1 Å². The fraction of sp³-hybridized carbons (Fsp3) is 0.750. The lowest BCUT2D eigenvalue weighted by Crippen LogP contribution is -2.13. The summed E-state index contributed by atoms with van der Waals surface area (Å²) in [7, 11) is 0. The Morgan fingerprint density at radius 3 is 2.18 bits per heavy atom. The van der Waals surface area contributed by atoms with Crippen molar-refractivity contribution < 1.29 is 13.2 Å². The molecule has 0 spiro atoms. The van der Waals surface area contributed by atoms with Gasteiger partial charge in [-0.2, -0.15) is 13.2 Å². The molecule has 11 heavy (non-hydrogen) atoms. The van der Waals surface area contributed by atoms with Crippen molar-refractivity contribution in [3.63, 3.8) is 0 Å². The average Bonchev–Trinajstić information content (AvgIpc) is 2.41. The number of allylic oxidation sites excluding steroid dienone is 2. The Bertz CT molecular complexity index is 188. The summed E-state index contributed by atoms with van der Waals surface area (Å²) in [6.07, 6.45) is -2.61. The van der Waals surface area contributed by atoms with Crippen LogP contribution < -0.4 is 0 Å². The minimum absolute atomic E-state index is 0.541. The number of hydrogen-bond donors (Lipinski definition) is 0. The highest BCUT2D eigenvalue weighted by Crippen LogP contribution is 2.51. The van der Waals surface area contributed by atoms with E-state index >= 15 is 0 Å². The predicted octanol–water partition coefficient (Wildman–Crippen LogP) is 3.30. The molecule has 0 heterocycles. The monoisotopic (exact) mass is 164 g/mol. The summed E-state index contributed by atoms with van der Waals surface area (Å²) in [5, 5.41) is 0. The normalized spacial score (nSPS) is 24.3. The van der Waals surface area contributed by atoms with Crippen molar-refractivity contribution in [1.29, 1.82) is 0 Å². The molecule has 0 radical (unpaired) electrons. The van der Waals surface area contributed by atoms with Crippen LogP contribution in [0.4, 0.5) is 13.2 Å². The van der Waals surface area contributed by atoms with Crippen LogP contribution in [0.2, 0.25) is 0 Å². The lowest BCUT2D eigenvalue weighted by molar-refractivity contribution is -0.143. The molecule has 0 aromatic rings. The summed E-state index contributed by atoms with van der Waals surface area (Å²) in [4.78, 5) is 0. The molecule has 0 bridgehead atoms. The molecule has 0 amide bonds. The molecule has 64 valence electrons. The Balaban J connectivity index is 2.49. The van der Waals surface area contributed by atoms with Gasteiger partial charge in [0, 0.05) is 0 Å². The number of hydrogen-bond acceptors (Lipinski definition) is 0. The van der Waals surface area contributed by atoms with Crippen LogP contribution in [0.15, 0.2) is 11.1 Å². The molecular weight excluding hydrogens is 153 g/mol. The van der Waals surface area contributed by atoms with Crippen LogP contribution in [0, 0.1) is 5.92 Å². The summed E-state index contributed by atoms with van der Waals surface area (Å²) < 4.78 is 36.1. The summed E-state index contributed by atoms with van der Waals surface area (Å²) in [6, 6.07) is 0. The second-order valence-corrected chi connectivity index (χ2v) is 2.93. The van der Waals surface area contributed by atoms with Gasteiger partial charge >= 0.3 is 6.18 Å². The van der Waals surface area contributed by atoms with Gasteiger partial charge in [0.1, 0.15) is 0 Å². The van der Waals surface area contributed by atoms with Crippen molar-refractivity contribution in [2.75, 3.05) is 0 Å². The highest BCUT2D eigenvalue weighted by Gasteiger charge is 2.51. The fourth-order valence-corrected chi connectivity index (χ4v) is 1.44. The molecule has 0 saturated carbocycles. The zero-order valence-electron chi connectivity index (χ0n) is 6.63. The third-order valence-electron chi connectivity index (χ3n) is 2.05. The molecule has 1 aliphatic rings. The SMILES string of the molecule is CCCC1=C(C)C1C(F)(F)F. The first kappa shape index (κ1) is 8.62. The number of alkyl halides is 3. The van der Waals surface area contributed by atoms with E-state index in [2.05, 4.69) is 0 Å². The van der Waals surface area contributed by atoms with E-state index in [1.165, 1.54) is 0 Å². The van der Waals surface area contributed by atoms with Crippen LogP contribution in [0.5, 0.6) is 0 Å². The zero-order valence-corrected chi connectivity index (χ0v) is 6.63. The van der Waals surface area contributed by atoms with Gasteiger partial charge in [-0.3, -0.25) is 0 Å². The molecule has 0 aliphatic heterocycles. The van der Waals surface area contributed by atoms with Crippen LogP contribution in [0.3, 0.4) is 0 Å². The summed E-state index contributed by atoms with van der Waals surface area (Å²) in [6.45, 7) is 3.47. The standard InChI is InChI=1S/C8H11F3/c1-3-4-6-5(2)7(6)8(9,10)11/h7H,3-4H2,1-2H3. The largest absolute Gasteiger partial charge is 0.399 e. The van der Waals surface area contributed by atoms with Crippen molar-refractivity contribution in [3.05, 3.63) is 11.1 Å². The van der Waals surface area contributed by atoms with Gasteiger partial charge in [0.25, 0.3) is 0 Å². The lowest BCUT2D eigenvalue weighted by atomic mass is 10.2. The highest BCUT2D eigenvalue weighted by molar-refractivity contribution is 5.41. The van der Waals surface area contributed by atoms with Gasteiger partial charge in [-0.1, -0.05) is 24.5 Å². The van der Waals surface area contributed by atoms with Gasteiger partial charge < -0.3 is 0 Å². The summed E-state index contributed by atoms with van der Waals surface area (Å²) >= 11 is 0. The molecule has 0 saturated heterocycles. The lowest BCUT2D eigenvalue weighted by Gasteiger charge is -2.05. The fourth-order valence-electron chi connectivity index (χ4n) is 1.44. The topological polar surface area (TPSA) is 0 Å². The molecule has 0 N–H and O–H groups in total. The van der Waals surface area contributed by atoms with Gasteiger partial charge in [0.15, 0.2) is 0 Å². The van der Waals surface area contributed by atoms with Crippen molar-refractivity contribution in [1.82, 2.24) is 0 Å². The second kappa shape index (κ2) is 2.54. The Hall–Kier alpha value is -0.470. The van der Waals surface area contributed by atoms with Gasteiger partial charge in [0.2, 0.25) is 0 Å². The molecule has 1 rings (SSSR count). The first-order valence-corrected chi connectivity index (χ1v) is 3.74. The maximum atomic E-state index is 12.0. The molecule has 3 heteroatoms. The smallest absolute Gasteiger partial charge is 0.170 e. The highest BCUT2D eigenvalue weighted by atomic mass is 19.4. The van der Waals surface area contributed by atoms with Crippen LogP contribution in [-0.4, -0.2) is 6.18 Å². The molecule has 1 aliphatic carbocycles. The van der Waals surface area contributed by atoms with Crippen molar-refractivity contribution in [3.8, 4) is 0 Å². The maximum Gasteiger partial charge on any atom is 0.399 e. The predicted molar refractivity (Wildman–Crippen MR) is 37.2 cm³/mol. The Labute approximate surface area is 64.1 Å². The van der Waals surface area contributed by atoms with E-state index in [4.69, 9.17) is 0 Å². The van der Waals surface area contributed by atoms with E-state index in [0.29, 0.717) is 17.6 Å². The molecule has 1 atom stereocenters. The molecule has 0 nitrogen and oxygen atoms in total. The first-order chi connectivity index (χ1) is 4.98. The van der Waals surface area contributed by atoms with Crippen molar-refractivity contribution >= 4 is 0 Å². The zero-order chi connectivity index (χ0) is 8.65. The number of halogens is 3. The van der Waals surface area contributed by atoms with Crippen LogP contribution in [0.25, 0.3) is 0 Å². The van der Waals surface area contributed by atoms with Gasteiger partial charge in [0.05, 0.1) is 5.92 Å². The first-order valence-electron chi connectivity index (χ1n) is 3.74. The maximum absolute atomic E-state index is 12.0. The van der Waals surface area contributed by atoms with Crippen LogP contribution in [0.1, 0.15) is 26.7 Å². The number of rotatable bonds is 2. The van der Waals surface area contributed by atoms with Gasteiger partial charge in [-0.25, -0.2) is 0 Å². The van der Waals surface area contributed by atoms with E-state index in [0.717, 1.165) is 6.42 Å². The van der Waals surface area contributed by atoms with Gasteiger partial charge in [-0.15, -0.1) is 0 Å². The molecule has 0 aromatic heterocycles.